The molecule has 66 heavy (non-hydrogen) atoms. The lowest BCUT2D eigenvalue weighted by atomic mass is 9.98. The van der Waals surface area contributed by atoms with Gasteiger partial charge in [0, 0.05) is 41.3 Å². The summed E-state index contributed by atoms with van der Waals surface area (Å²) in [4.78, 5) is 24.7. The van der Waals surface area contributed by atoms with E-state index in [1.807, 2.05) is 0 Å². The quantitative estimate of drug-likeness (QED) is 0.0452. The third-order valence-corrected chi connectivity index (χ3v) is 10.1. The van der Waals surface area contributed by atoms with Crippen molar-refractivity contribution in [2.45, 2.75) is 153 Å². The molecule has 8 atom stereocenters. The Morgan fingerprint density at radius 3 is 1.56 bits per heavy atom. The molecule has 12 heteroatoms. The number of esters is 1. The zero-order chi connectivity index (χ0) is 48.3. The fourth-order valence-corrected chi connectivity index (χ4v) is 6.64. The van der Waals surface area contributed by atoms with Crippen LogP contribution in [0.15, 0.2) is 0 Å². The summed E-state index contributed by atoms with van der Waals surface area (Å²) in [6.07, 6.45) is 8.55. The SMILES string of the molecule is C#CC#CC#CC#CC#CC#CC#CC#CC#CC#CC#CC#CCC(=O)N[C@@H](CO[C@H]1OC(CSCC(=O)OCC)[C@H](O)[C@H](O)C1O)[C@H](O)[C@H](O)CCCCCCCCCCCCCC. The van der Waals surface area contributed by atoms with Crippen LogP contribution in [0.4, 0.5) is 0 Å². The number of thioether (sulfide) groups is 1. The van der Waals surface area contributed by atoms with Gasteiger partial charge in [0.1, 0.15) is 24.4 Å². The van der Waals surface area contributed by atoms with Gasteiger partial charge in [0.2, 0.25) is 5.91 Å². The van der Waals surface area contributed by atoms with Crippen LogP contribution < -0.4 is 5.32 Å². The van der Waals surface area contributed by atoms with E-state index < -0.39 is 67.4 Å². The molecule has 0 aromatic rings. The summed E-state index contributed by atoms with van der Waals surface area (Å²) in [7, 11) is 0. The molecule has 0 aromatic carbocycles. The van der Waals surface area contributed by atoms with E-state index in [1.54, 1.807) is 6.92 Å². The van der Waals surface area contributed by atoms with Crippen LogP contribution in [0.2, 0.25) is 0 Å². The van der Waals surface area contributed by atoms with Crippen LogP contribution in [0.3, 0.4) is 0 Å². The van der Waals surface area contributed by atoms with Gasteiger partial charge >= 0.3 is 5.97 Å². The summed E-state index contributed by atoms with van der Waals surface area (Å²) in [5.41, 5.74) is 0. The number of ether oxygens (including phenoxy) is 3. The van der Waals surface area contributed by atoms with Crippen molar-refractivity contribution in [3.63, 3.8) is 0 Å². The van der Waals surface area contributed by atoms with E-state index in [1.165, 1.54) is 44.9 Å². The van der Waals surface area contributed by atoms with Crippen molar-refractivity contribution in [1.82, 2.24) is 5.32 Å². The van der Waals surface area contributed by atoms with E-state index in [0.29, 0.717) is 6.42 Å². The predicted octanol–water partition coefficient (Wildman–Crippen LogP) is 2.47. The minimum Gasteiger partial charge on any atom is -0.465 e. The van der Waals surface area contributed by atoms with Crippen LogP contribution in [-0.4, -0.2) is 111 Å². The maximum Gasteiger partial charge on any atom is 0.315 e. The molecule has 0 saturated carbocycles. The molecule has 1 aliphatic heterocycles. The lowest BCUT2D eigenvalue weighted by Gasteiger charge is -2.41. The third kappa shape index (κ3) is 30.0. The Morgan fingerprint density at radius 1 is 0.636 bits per heavy atom. The molecule has 1 rings (SSSR count). The first-order valence-electron chi connectivity index (χ1n) is 21.8. The summed E-state index contributed by atoms with van der Waals surface area (Å²) >= 11 is 1.10. The number of aliphatic hydroxyl groups is 5. The molecule has 1 saturated heterocycles. The predicted molar refractivity (Wildman–Crippen MR) is 255 cm³/mol. The molecule has 0 aliphatic carbocycles. The number of carbonyl (C=O) groups excluding carboxylic acids is 2. The smallest absolute Gasteiger partial charge is 0.315 e. The molecule has 0 aromatic heterocycles. The minimum absolute atomic E-state index is 0.0240. The molecule has 6 N–H and O–H groups in total. The minimum atomic E-state index is -1.69. The van der Waals surface area contributed by atoms with E-state index in [-0.39, 0.29) is 31.0 Å². The second-order valence-corrected chi connectivity index (χ2v) is 15.2. The van der Waals surface area contributed by atoms with Crippen LogP contribution in [0.5, 0.6) is 0 Å². The number of aliphatic hydroxyl groups excluding tert-OH is 5. The number of rotatable bonds is 25. The highest BCUT2D eigenvalue weighted by Crippen LogP contribution is 2.25. The number of hydrogen-bond donors (Lipinski definition) is 6. The topological polar surface area (TPSA) is 175 Å². The third-order valence-electron chi connectivity index (χ3n) is 9.08. The largest absolute Gasteiger partial charge is 0.465 e. The van der Waals surface area contributed by atoms with Gasteiger partial charge in [-0.05, 0) is 108 Å². The van der Waals surface area contributed by atoms with E-state index >= 15 is 0 Å². The summed E-state index contributed by atoms with van der Waals surface area (Å²) in [6, 6.07) is -1.18. The van der Waals surface area contributed by atoms with Gasteiger partial charge in [0.05, 0.1) is 43.6 Å². The van der Waals surface area contributed by atoms with Gasteiger partial charge in [-0.15, -0.1) is 18.2 Å². The molecule has 2 unspecified atom stereocenters. The molecule has 1 heterocycles. The van der Waals surface area contributed by atoms with Gasteiger partial charge < -0.3 is 45.1 Å². The Balaban J connectivity index is 2.82. The first kappa shape index (κ1) is 57.7. The van der Waals surface area contributed by atoms with Crippen molar-refractivity contribution >= 4 is 23.6 Å². The molecule has 11 nitrogen and oxygen atoms in total. The number of terminal acetylenes is 1. The van der Waals surface area contributed by atoms with Crippen LogP contribution in [0.25, 0.3) is 0 Å². The molecule has 344 valence electrons. The van der Waals surface area contributed by atoms with Crippen LogP contribution >= 0.6 is 11.8 Å². The van der Waals surface area contributed by atoms with Gasteiger partial charge in [-0.2, -0.15) is 0 Å². The summed E-state index contributed by atoms with van der Waals surface area (Å²) in [5, 5.41) is 56.5. The van der Waals surface area contributed by atoms with E-state index in [4.69, 9.17) is 20.6 Å². The zero-order valence-corrected chi connectivity index (χ0v) is 38.4. The van der Waals surface area contributed by atoms with Gasteiger partial charge in [0.25, 0.3) is 0 Å². The number of carbonyl (C=O) groups is 2. The standard InChI is InChI=1S/C54H57NO10S/c1-4-7-9-11-13-15-17-19-20-21-22-23-24-25-26-27-28-29-31-33-35-37-39-41-48(57)55-45(50(59)46(56)40-38-36-34-32-30-18-16-14-12-10-8-5-2)42-64-54-53(62)52(61)51(60)47(65-54)43-66-44-49(58)63-6-3/h1,45-47,50-54,56,59-62H,5-6,8,10,12,14,16,18,30,32,34,36,38,40-44H2,2-3H3,(H,55,57)/t45-,46+,47?,50-,51-,52-,53?,54-/m0/s1. The fourth-order valence-electron chi connectivity index (χ4n) is 5.77. The average Bonchev–Trinajstić information content (AvgIpc) is 3.31. The molecular formula is C54H57NO10S. The second-order valence-electron chi connectivity index (χ2n) is 14.2. The Labute approximate surface area is 396 Å². The van der Waals surface area contributed by atoms with Gasteiger partial charge in [-0.3, -0.25) is 9.59 Å². The maximum absolute atomic E-state index is 12.9. The summed E-state index contributed by atoms with van der Waals surface area (Å²) < 4.78 is 16.4. The lowest BCUT2D eigenvalue weighted by molar-refractivity contribution is -0.294. The molecule has 1 aliphatic rings. The molecule has 0 bridgehead atoms. The first-order valence-corrected chi connectivity index (χ1v) is 22.9. The van der Waals surface area contributed by atoms with Crippen LogP contribution in [0, 0.1) is 143 Å². The van der Waals surface area contributed by atoms with Crippen LogP contribution in [-0.2, 0) is 23.8 Å². The Bertz CT molecular complexity index is 2290. The number of amides is 1. The summed E-state index contributed by atoms with van der Waals surface area (Å²) in [6.45, 7) is 3.66. The normalized spacial score (nSPS) is 17.2. The molecule has 0 radical (unpaired) electrons. The van der Waals surface area contributed by atoms with E-state index in [9.17, 15) is 35.1 Å². The monoisotopic (exact) mass is 911 g/mol. The van der Waals surface area contributed by atoms with Crippen molar-refractivity contribution in [3.8, 4) is 143 Å². The second kappa shape index (κ2) is 40.3. The van der Waals surface area contributed by atoms with Crippen molar-refractivity contribution in [2.75, 3.05) is 24.7 Å². The number of unbranched alkanes of at least 4 members (excludes halogenated alkanes) is 11. The van der Waals surface area contributed by atoms with Crippen molar-refractivity contribution < 1.29 is 49.3 Å². The number of hydrogen-bond acceptors (Lipinski definition) is 11. The van der Waals surface area contributed by atoms with Crippen molar-refractivity contribution in [2.24, 2.45) is 0 Å². The molecule has 1 amide bonds. The van der Waals surface area contributed by atoms with E-state index in [0.717, 1.165) is 37.4 Å². The Kier molecular flexibility index (Phi) is 35.2. The highest BCUT2D eigenvalue weighted by Gasteiger charge is 2.44. The van der Waals surface area contributed by atoms with Gasteiger partial charge in [-0.1, -0.05) is 89.9 Å². The average molecular weight is 912 g/mol. The van der Waals surface area contributed by atoms with Crippen molar-refractivity contribution in [1.29, 1.82) is 0 Å². The Hall–Kier alpha value is -6.27. The van der Waals surface area contributed by atoms with Gasteiger partial charge in [0.15, 0.2) is 6.29 Å². The van der Waals surface area contributed by atoms with Crippen LogP contribution in [0.1, 0.15) is 104 Å². The van der Waals surface area contributed by atoms with E-state index in [2.05, 4.69) is 148 Å². The maximum atomic E-state index is 12.9. The first-order chi connectivity index (χ1) is 32.2. The lowest BCUT2D eigenvalue weighted by Crippen LogP contribution is -2.60. The highest BCUT2D eigenvalue weighted by atomic mass is 32.2. The molecule has 0 spiro atoms. The zero-order valence-electron chi connectivity index (χ0n) is 37.6. The van der Waals surface area contributed by atoms with Gasteiger partial charge in [-0.25, -0.2) is 0 Å². The highest BCUT2D eigenvalue weighted by molar-refractivity contribution is 7.99. The van der Waals surface area contributed by atoms with Crippen molar-refractivity contribution in [3.05, 3.63) is 0 Å². The number of nitrogens with one attached hydrogen (secondary N) is 1. The molecule has 1 fully saturated rings. The molecular weight excluding hydrogens is 855 g/mol. The fraction of sp³-hybridized carbons (Fsp3) is 0.519. The summed E-state index contributed by atoms with van der Waals surface area (Å²) in [5.74, 6) is 55.5. The Morgan fingerprint density at radius 2 is 1.09 bits per heavy atom.